The summed E-state index contributed by atoms with van der Waals surface area (Å²) in [7, 11) is 0. The van der Waals surface area contributed by atoms with E-state index in [2.05, 4.69) is 33.0 Å². The van der Waals surface area contributed by atoms with E-state index < -0.39 is 0 Å². The summed E-state index contributed by atoms with van der Waals surface area (Å²) in [6.45, 7) is 9.75. The van der Waals surface area contributed by atoms with Crippen molar-refractivity contribution in [1.29, 1.82) is 0 Å². The Kier molecular flexibility index (Phi) is 6.81. The summed E-state index contributed by atoms with van der Waals surface area (Å²) in [6.07, 6.45) is 1.86. The van der Waals surface area contributed by atoms with Crippen LogP contribution in [-0.4, -0.2) is 12.6 Å². The second-order valence-electron chi connectivity index (χ2n) is 5.59. The van der Waals surface area contributed by atoms with Gasteiger partial charge in [0.1, 0.15) is 5.82 Å². The molecule has 1 aromatic rings. The highest BCUT2D eigenvalue weighted by Crippen LogP contribution is 2.24. The lowest BCUT2D eigenvalue weighted by molar-refractivity contribution is 0.286. The Morgan fingerprint density at radius 2 is 1.95 bits per heavy atom. The summed E-state index contributed by atoms with van der Waals surface area (Å²) < 4.78 is 13.9. The lowest BCUT2D eigenvalue weighted by Crippen LogP contribution is -2.37. The quantitative estimate of drug-likeness (QED) is 0.767. The van der Waals surface area contributed by atoms with Gasteiger partial charge in [0.2, 0.25) is 0 Å². The van der Waals surface area contributed by atoms with Crippen LogP contribution in [0.5, 0.6) is 0 Å². The smallest absolute Gasteiger partial charge is 0.127 e. The van der Waals surface area contributed by atoms with Crippen molar-refractivity contribution in [2.75, 3.05) is 6.54 Å². The standard InChI is InChI=1S/C16H25ClFN/c1-5-8-19-12(4)15(11(2)3)9-13-6-7-14(17)10-16(13)18/h6-7,10-12,15,19H,5,8-9H2,1-4H3. The fraction of sp³-hybridized carbons (Fsp3) is 0.625. The Hall–Kier alpha value is -0.600. The number of benzene rings is 1. The Labute approximate surface area is 121 Å². The second kappa shape index (κ2) is 7.86. The van der Waals surface area contributed by atoms with E-state index in [1.54, 1.807) is 12.1 Å². The van der Waals surface area contributed by atoms with Gasteiger partial charge in [0, 0.05) is 11.1 Å². The van der Waals surface area contributed by atoms with E-state index in [9.17, 15) is 4.39 Å². The van der Waals surface area contributed by atoms with Gasteiger partial charge in [-0.3, -0.25) is 0 Å². The van der Waals surface area contributed by atoms with E-state index in [1.165, 1.54) is 6.07 Å². The molecule has 1 aromatic carbocycles. The van der Waals surface area contributed by atoms with E-state index >= 15 is 0 Å². The largest absolute Gasteiger partial charge is 0.314 e. The minimum absolute atomic E-state index is 0.194. The monoisotopic (exact) mass is 285 g/mol. The van der Waals surface area contributed by atoms with Crippen LogP contribution in [0.1, 0.15) is 39.7 Å². The Balaban J connectivity index is 2.77. The van der Waals surface area contributed by atoms with Crippen molar-refractivity contribution in [2.45, 2.75) is 46.6 Å². The zero-order valence-electron chi connectivity index (χ0n) is 12.3. The minimum Gasteiger partial charge on any atom is -0.314 e. The first-order valence-electron chi connectivity index (χ1n) is 7.13. The van der Waals surface area contributed by atoms with Crippen molar-refractivity contribution in [3.8, 4) is 0 Å². The van der Waals surface area contributed by atoms with E-state index in [1.807, 2.05) is 0 Å². The molecule has 0 spiro atoms. The molecule has 0 aliphatic rings. The van der Waals surface area contributed by atoms with Crippen molar-refractivity contribution in [3.05, 3.63) is 34.6 Å². The summed E-state index contributed by atoms with van der Waals surface area (Å²) in [5, 5.41) is 3.97. The number of halogens is 2. The summed E-state index contributed by atoms with van der Waals surface area (Å²) in [5.41, 5.74) is 0.758. The molecule has 1 nitrogen and oxygen atoms in total. The molecule has 0 radical (unpaired) electrons. The highest BCUT2D eigenvalue weighted by molar-refractivity contribution is 6.30. The topological polar surface area (TPSA) is 12.0 Å². The average molecular weight is 286 g/mol. The molecule has 0 amide bonds. The normalized spacial score (nSPS) is 14.7. The number of rotatable bonds is 7. The lowest BCUT2D eigenvalue weighted by Gasteiger charge is -2.28. The molecule has 0 aromatic heterocycles. The molecule has 0 heterocycles. The Morgan fingerprint density at radius 3 is 2.47 bits per heavy atom. The summed E-state index contributed by atoms with van der Waals surface area (Å²) in [4.78, 5) is 0. The third kappa shape index (κ3) is 5.12. The van der Waals surface area contributed by atoms with Gasteiger partial charge in [-0.15, -0.1) is 0 Å². The molecule has 0 saturated heterocycles. The molecule has 0 saturated carbocycles. The SMILES string of the molecule is CCCNC(C)C(Cc1ccc(Cl)cc1F)C(C)C. The molecule has 0 aliphatic heterocycles. The Morgan fingerprint density at radius 1 is 1.26 bits per heavy atom. The van der Waals surface area contributed by atoms with Gasteiger partial charge in [-0.25, -0.2) is 4.39 Å². The van der Waals surface area contributed by atoms with Crippen molar-refractivity contribution >= 4 is 11.6 Å². The average Bonchev–Trinajstić information content (AvgIpc) is 2.34. The van der Waals surface area contributed by atoms with Crippen LogP contribution in [0.3, 0.4) is 0 Å². The van der Waals surface area contributed by atoms with Crippen LogP contribution in [0, 0.1) is 17.7 Å². The van der Waals surface area contributed by atoms with Gasteiger partial charge in [0.05, 0.1) is 0 Å². The van der Waals surface area contributed by atoms with Crippen molar-refractivity contribution in [1.82, 2.24) is 5.32 Å². The molecule has 0 aliphatic carbocycles. The first kappa shape index (κ1) is 16.5. The maximum atomic E-state index is 13.9. The van der Waals surface area contributed by atoms with Crippen molar-refractivity contribution in [2.24, 2.45) is 11.8 Å². The molecule has 2 unspecified atom stereocenters. The van der Waals surface area contributed by atoms with E-state index in [-0.39, 0.29) is 5.82 Å². The number of nitrogens with one attached hydrogen (secondary N) is 1. The van der Waals surface area contributed by atoms with Gasteiger partial charge >= 0.3 is 0 Å². The predicted molar refractivity (Wildman–Crippen MR) is 81.2 cm³/mol. The second-order valence-corrected chi connectivity index (χ2v) is 6.03. The Bertz CT molecular complexity index is 392. The fourth-order valence-electron chi connectivity index (χ4n) is 2.45. The molecule has 19 heavy (non-hydrogen) atoms. The highest BCUT2D eigenvalue weighted by Gasteiger charge is 2.22. The molecule has 1 rings (SSSR count). The van der Waals surface area contributed by atoms with Crippen LogP contribution in [0.4, 0.5) is 4.39 Å². The van der Waals surface area contributed by atoms with Crippen LogP contribution in [0.25, 0.3) is 0 Å². The number of hydrogen-bond donors (Lipinski definition) is 1. The van der Waals surface area contributed by atoms with E-state index in [0.29, 0.717) is 22.9 Å². The van der Waals surface area contributed by atoms with Gasteiger partial charge in [-0.05, 0) is 55.8 Å². The molecule has 108 valence electrons. The molecule has 0 fully saturated rings. The van der Waals surface area contributed by atoms with Crippen LogP contribution in [0.2, 0.25) is 5.02 Å². The minimum atomic E-state index is -0.194. The first-order chi connectivity index (χ1) is 8.95. The zero-order chi connectivity index (χ0) is 14.4. The molecular weight excluding hydrogens is 261 g/mol. The van der Waals surface area contributed by atoms with Crippen molar-refractivity contribution < 1.29 is 4.39 Å². The molecular formula is C16H25ClFN. The van der Waals surface area contributed by atoms with Gasteiger partial charge in [0.15, 0.2) is 0 Å². The van der Waals surface area contributed by atoms with Gasteiger partial charge in [-0.2, -0.15) is 0 Å². The number of hydrogen-bond acceptors (Lipinski definition) is 1. The summed E-state index contributed by atoms with van der Waals surface area (Å²) >= 11 is 5.79. The third-order valence-corrected chi connectivity index (χ3v) is 3.92. The van der Waals surface area contributed by atoms with Crippen molar-refractivity contribution in [3.63, 3.8) is 0 Å². The summed E-state index contributed by atoms with van der Waals surface area (Å²) in [6, 6.07) is 5.36. The molecule has 0 bridgehead atoms. The lowest BCUT2D eigenvalue weighted by atomic mass is 9.84. The van der Waals surface area contributed by atoms with Gasteiger partial charge in [0.25, 0.3) is 0 Å². The van der Waals surface area contributed by atoms with Gasteiger partial charge < -0.3 is 5.32 Å². The molecule has 3 heteroatoms. The third-order valence-electron chi connectivity index (χ3n) is 3.69. The predicted octanol–water partition coefficient (Wildman–Crippen LogP) is 4.68. The van der Waals surface area contributed by atoms with Crippen LogP contribution in [0.15, 0.2) is 18.2 Å². The zero-order valence-corrected chi connectivity index (χ0v) is 13.1. The first-order valence-corrected chi connectivity index (χ1v) is 7.50. The maximum absolute atomic E-state index is 13.9. The molecule has 1 N–H and O–H groups in total. The van der Waals surface area contributed by atoms with Crippen LogP contribution in [-0.2, 0) is 6.42 Å². The summed E-state index contributed by atoms with van der Waals surface area (Å²) in [5.74, 6) is 0.734. The highest BCUT2D eigenvalue weighted by atomic mass is 35.5. The maximum Gasteiger partial charge on any atom is 0.127 e. The van der Waals surface area contributed by atoms with Crippen LogP contribution < -0.4 is 5.32 Å². The van der Waals surface area contributed by atoms with E-state index in [4.69, 9.17) is 11.6 Å². The van der Waals surface area contributed by atoms with E-state index in [0.717, 1.165) is 24.9 Å². The fourth-order valence-corrected chi connectivity index (χ4v) is 2.61. The van der Waals surface area contributed by atoms with Crippen LogP contribution >= 0.6 is 11.6 Å². The van der Waals surface area contributed by atoms with Gasteiger partial charge in [-0.1, -0.05) is 38.4 Å². The molecule has 2 atom stereocenters.